The molecule has 1 aliphatic heterocycles. The van der Waals surface area contributed by atoms with Crippen molar-refractivity contribution in [3.8, 4) is 0 Å². The highest BCUT2D eigenvalue weighted by atomic mass is 79.9. The third-order valence-electron chi connectivity index (χ3n) is 4.44. The maximum Gasteiger partial charge on any atom is 0.147 e. The third-order valence-corrected chi connectivity index (χ3v) is 4.94. The van der Waals surface area contributed by atoms with E-state index in [9.17, 15) is 4.39 Å². The Morgan fingerprint density at radius 3 is 2.80 bits per heavy atom. The van der Waals surface area contributed by atoms with Gasteiger partial charge in [0.25, 0.3) is 0 Å². The van der Waals surface area contributed by atoms with Crippen molar-refractivity contribution >= 4 is 21.6 Å². The standard InChI is InChI=1S/C16H24BrFN2/c1-4-8-19-15-7-9-20(12(3)11(15)2)16-6-5-13(17)10-14(16)18/h5-6,10-12,15,19H,4,7-9H2,1-3H3. The Balaban J connectivity index is 2.11. The van der Waals surface area contributed by atoms with E-state index in [0.29, 0.717) is 18.0 Å². The van der Waals surface area contributed by atoms with Crippen LogP contribution in [0.3, 0.4) is 0 Å². The lowest BCUT2D eigenvalue weighted by Gasteiger charge is -2.44. The van der Waals surface area contributed by atoms with E-state index in [0.717, 1.165) is 36.1 Å². The number of rotatable bonds is 4. The summed E-state index contributed by atoms with van der Waals surface area (Å²) in [6.07, 6.45) is 2.23. The van der Waals surface area contributed by atoms with Crippen LogP contribution >= 0.6 is 15.9 Å². The van der Waals surface area contributed by atoms with Gasteiger partial charge < -0.3 is 10.2 Å². The van der Waals surface area contributed by atoms with Crippen LogP contribution in [0.25, 0.3) is 0 Å². The molecular formula is C16H24BrFN2. The number of piperidine rings is 1. The van der Waals surface area contributed by atoms with Crippen LogP contribution in [0.2, 0.25) is 0 Å². The van der Waals surface area contributed by atoms with Gasteiger partial charge in [-0.15, -0.1) is 0 Å². The molecule has 2 rings (SSSR count). The topological polar surface area (TPSA) is 15.3 Å². The summed E-state index contributed by atoms with van der Waals surface area (Å²) in [5, 5.41) is 3.62. The van der Waals surface area contributed by atoms with Gasteiger partial charge in [-0.25, -0.2) is 4.39 Å². The molecule has 0 spiro atoms. The summed E-state index contributed by atoms with van der Waals surface area (Å²) in [7, 11) is 0. The molecule has 0 saturated carbocycles. The van der Waals surface area contributed by atoms with Crippen molar-refractivity contribution in [1.82, 2.24) is 5.32 Å². The van der Waals surface area contributed by atoms with Crippen LogP contribution in [0.1, 0.15) is 33.6 Å². The third kappa shape index (κ3) is 3.34. The Bertz CT molecular complexity index is 452. The monoisotopic (exact) mass is 342 g/mol. The number of hydrogen-bond acceptors (Lipinski definition) is 2. The summed E-state index contributed by atoms with van der Waals surface area (Å²) in [6.45, 7) is 8.63. The number of benzene rings is 1. The van der Waals surface area contributed by atoms with Gasteiger partial charge in [0.05, 0.1) is 5.69 Å². The van der Waals surface area contributed by atoms with Gasteiger partial charge in [-0.1, -0.05) is 29.8 Å². The smallest absolute Gasteiger partial charge is 0.147 e. The maximum absolute atomic E-state index is 14.1. The molecule has 3 unspecified atom stereocenters. The SMILES string of the molecule is CCCNC1CCN(c2ccc(Br)cc2F)C(C)C1C. The second-order valence-corrected chi connectivity index (χ2v) is 6.65. The molecule has 0 bridgehead atoms. The molecule has 1 aromatic carbocycles. The second-order valence-electron chi connectivity index (χ2n) is 5.74. The molecule has 1 aliphatic rings. The predicted molar refractivity (Wildman–Crippen MR) is 86.8 cm³/mol. The fourth-order valence-electron chi connectivity index (χ4n) is 3.04. The maximum atomic E-state index is 14.1. The van der Waals surface area contributed by atoms with Crippen molar-refractivity contribution in [3.05, 3.63) is 28.5 Å². The van der Waals surface area contributed by atoms with Crippen LogP contribution in [0.4, 0.5) is 10.1 Å². The zero-order chi connectivity index (χ0) is 14.7. The van der Waals surface area contributed by atoms with Gasteiger partial charge in [-0.05, 0) is 50.4 Å². The molecule has 20 heavy (non-hydrogen) atoms. The summed E-state index contributed by atoms with van der Waals surface area (Å²) in [4.78, 5) is 2.20. The zero-order valence-corrected chi connectivity index (χ0v) is 14.1. The van der Waals surface area contributed by atoms with Crippen LogP contribution in [0, 0.1) is 11.7 Å². The summed E-state index contributed by atoms with van der Waals surface area (Å²) in [5.41, 5.74) is 0.724. The van der Waals surface area contributed by atoms with Gasteiger partial charge in [0.15, 0.2) is 0 Å². The fraction of sp³-hybridized carbons (Fsp3) is 0.625. The van der Waals surface area contributed by atoms with Gasteiger partial charge >= 0.3 is 0 Å². The Hall–Kier alpha value is -0.610. The largest absolute Gasteiger partial charge is 0.366 e. The van der Waals surface area contributed by atoms with E-state index >= 15 is 0 Å². The van der Waals surface area contributed by atoms with Gasteiger partial charge in [0, 0.05) is 23.1 Å². The van der Waals surface area contributed by atoms with Crippen LogP contribution in [-0.4, -0.2) is 25.2 Å². The van der Waals surface area contributed by atoms with Crippen molar-refractivity contribution in [3.63, 3.8) is 0 Å². The van der Waals surface area contributed by atoms with E-state index in [1.807, 2.05) is 12.1 Å². The van der Waals surface area contributed by atoms with Crippen LogP contribution in [-0.2, 0) is 0 Å². The fourth-order valence-corrected chi connectivity index (χ4v) is 3.37. The zero-order valence-electron chi connectivity index (χ0n) is 12.5. The molecule has 1 N–H and O–H groups in total. The van der Waals surface area contributed by atoms with Gasteiger partial charge in [0.2, 0.25) is 0 Å². The molecule has 1 aromatic rings. The van der Waals surface area contributed by atoms with Crippen molar-refractivity contribution < 1.29 is 4.39 Å². The molecule has 0 aromatic heterocycles. The molecule has 4 heteroatoms. The van der Waals surface area contributed by atoms with E-state index in [4.69, 9.17) is 0 Å². The Morgan fingerprint density at radius 1 is 1.40 bits per heavy atom. The lowest BCUT2D eigenvalue weighted by atomic mass is 9.86. The van der Waals surface area contributed by atoms with Gasteiger partial charge in [0.1, 0.15) is 5.82 Å². The van der Waals surface area contributed by atoms with Gasteiger partial charge in [-0.3, -0.25) is 0 Å². The van der Waals surface area contributed by atoms with Gasteiger partial charge in [-0.2, -0.15) is 0 Å². The van der Waals surface area contributed by atoms with E-state index in [-0.39, 0.29) is 5.82 Å². The summed E-state index contributed by atoms with van der Waals surface area (Å²) >= 11 is 3.32. The Labute approximate surface area is 129 Å². The predicted octanol–water partition coefficient (Wildman–Crippen LogP) is 4.19. The molecule has 2 nitrogen and oxygen atoms in total. The normalized spacial score (nSPS) is 26.9. The summed E-state index contributed by atoms with van der Waals surface area (Å²) in [6, 6.07) is 6.22. The lowest BCUT2D eigenvalue weighted by Crippen LogP contribution is -2.53. The second kappa shape index (κ2) is 6.90. The van der Waals surface area contributed by atoms with Crippen LogP contribution in [0.15, 0.2) is 22.7 Å². The first kappa shape index (κ1) is 15.8. The van der Waals surface area contributed by atoms with Crippen LogP contribution < -0.4 is 10.2 Å². The Kier molecular flexibility index (Phi) is 5.44. The molecule has 0 radical (unpaired) electrons. The van der Waals surface area contributed by atoms with Crippen molar-refractivity contribution in [1.29, 1.82) is 0 Å². The number of hydrogen-bond donors (Lipinski definition) is 1. The molecule has 1 saturated heterocycles. The number of anilines is 1. The van der Waals surface area contributed by atoms with Crippen molar-refractivity contribution in [2.24, 2.45) is 5.92 Å². The Morgan fingerprint density at radius 2 is 2.15 bits per heavy atom. The number of nitrogens with zero attached hydrogens (tertiary/aromatic N) is 1. The highest BCUT2D eigenvalue weighted by Crippen LogP contribution is 2.31. The molecule has 112 valence electrons. The minimum absolute atomic E-state index is 0.140. The number of halogens is 2. The van der Waals surface area contributed by atoms with Crippen molar-refractivity contribution in [2.75, 3.05) is 18.0 Å². The first-order valence-electron chi connectivity index (χ1n) is 7.49. The van der Waals surface area contributed by atoms with Crippen LogP contribution in [0.5, 0.6) is 0 Å². The van der Waals surface area contributed by atoms with E-state index in [1.165, 1.54) is 0 Å². The highest BCUT2D eigenvalue weighted by Gasteiger charge is 2.33. The molecule has 1 heterocycles. The molecule has 0 amide bonds. The summed E-state index contributed by atoms with van der Waals surface area (Å²) < 4.78 is 14.9. The minimum Gasteiger partial charge on any atom is -0.366 e. The van der Waals surface area contributed by atoms with E-state index in [1.54, 1.807) is 6.07 Å². The van der Waals surface area contributed by atoms with Crippen molar-refractivity contribution in [2.45, 2.75) is 45.7 Å². The minimum atomic E-state index is -0.140. The molecule has 1 fully saturated rings. The first-order valence-corrected chi connectivity index (χ1v) is 8.29. The highest BCUT2D eigenvalue weighted by molar-refractivity contribution is 9.10. The molecule has 0 aliphatic carbocycles. The van der Waals surface area contributed by atoms with E-state index in [2.05, 4.69) is 46.9 Å². The van der Waals surface area contributed by atoms with E-state index < -0.39 is 0 Å². The molecule has 3 atom stereocenters. The summed E-state index contributed by atoms with van der Waals surface area (Å²) in [5.74, 6) is 0.372. The average molecular weight is 343 g/mol. The average Bonchev–Trinajstić information content (AvgIpc) is 2.41. The first-order chi connectivity index (χ1) is 9.54. The lowest BCUT2D eigenvalue weighted by molar-refractivity contribution is 0.270. The number of nitrogens with one attached hydrogen (secondary N) is 1. The molecular weight excluding hydrogens is 319 g/mol. The quantitative estimate of drug-likeness (QED) is 0.882.